The summed E-state index contributed by atoms with van der Waals surface area (Å²) in [5.41, 5.74) is 7.22. The minimum atomic E-state index is -0.231. The van der Waals surface area contributed by atoms with Crippen LogP contribution in [0.2, 0.25) is 0 Å². The van der Waals surface area contributed by atoms with Crippen LogP contribution in [0.4, 0.5) is 5.69 Å². The lowest BCUT2D eigenvalue weighted by Gasteiger charge is -2.25. The first-order valence-electron chi connectivity index (χ1n) is 12.4. The molecule has 3 aromatic carbocycles. The van der Waals surface area contributed by atoms with Crippen molar-refractivity contribution in [2.24, 2.45) is 0 Å². The molecule has 1 aliphatic heterocycles. The third-order valence-electron chi connectivity index (χ3n) is 6.63. The van der Waals surface area contributed by atoms with E-state index < -0.39 is 0 Å². The zero-order valence-electron chi connectivity index (χ0n) is 21.1. The highest BCUT2D eigenvalue weighted by atomic mass is 16.2. The van der Waals surface area contributed by atoms with Crippen LogP contribution in [0.1, 0.15) is 43.0 Å². The van der Waals surface area contributed by atoms with Crippen molar-refractivity contribution in [3.05, 3.63) is 119 Å². The van der Waals surface area contributed by atoms with Gasteiger partial charge in [0.25, 0.3) is 11.8 Å². The molecule has 1 aromatic heterocycles. The minimum Gasteiger partial charge on any atom is -0.348 e. The Hall–Kier alpha value is -4.80. The molecule has 38 heavy (non-hydrogen) atoms. The molecule has 7 nitrogen and oxygen atoms in total. The zero-order chi connectivity index (χ0) is 26.5. The van der Waals surface area contributed by atoms with Gasteiger partial charge in [-0.25, -0.2) is 0 Å². The third-order valence-corrected chi connectivity index (χ3v) is 6.63. The van der Waals surface area contributed by atoms with Crippen molar-refractivity contribution in [2.45, 2.75) is 19.5 Å². The predicted molar refractivity (Wildman–Crippen MR) is 146 cm³/mol. The third kappa shape index (κ3) is 5.77. The SMILES string of the molecule is CN1CCc2ccc(NC(=O)c3cccc(CNC(=O)c4cccc(-c5cncc(C#N)c5)c4)c3)cc2C1. The number of carbonyl (C=O) groups excluding carboxylic acids is 2. The smallest absolute Gasteiger partial charge is 0.255 e. The topological polar surface area (TPSA) is 98.1 Å². The van der Waals surface area contributed by atoms with Crippen LogP contribution < -0.4 is 10.6 Å². The molecule has 1 aliphatic rings. The van der Waals surface area contributed by atoms with E-state index in [2.05, 4.69) is 39.7 Å². The monoisotopic (exact) mass is 501 g/mol. The number of likely N-dealkylation sites (N-methyl/N-ethyl adjacent to an activating group) is 1. The number of aromatic nitrogens is 1. The molecule has 2 amide bonds. The fraction of sp³-hybridized carbons (Fsp3) is 0.161. The maximum Gasteiger partial charge on any atom is 0.255 e. The molecule has 0 atom stereocenters. The number of hydrogen-bond acceptors (Lipinski definition) is 5. The first kappa shape index (κ1) is 24.9. The average molecular weight is 502 g/mol. The Morgan fingerprint density at radius 1 is 0.921 bits per heavy atom. The molecule has 0 saturated heterocycles. The van der Waals surface area contributed by atoms with E-state index >= 15 is 0 Å². The number of nitriles is 1. The van der Waals surface area contributed by atoms with Crippen molar-refractivity contribution in [1.82, 2.24) is 15.2 Å². The molecule has 0 spiro atoms. The van der Waals surface area contributed by atoms with Crippen molar-refractivity contribution in [1.29, 1.82) is 5.26 Å². The minimum absolute atomic E-state index is 0.191. The van der Waals surface area contributed by atoms with E-state index in [1.807, 2.05) is 30.3 Å². The Morgan fingerprint density at radius 2 is 1.74 bits per heavy atom. The molecule has 0 unspecified atom stereocenters. The zero-order valence-corrected chi connectivity index (χ0v) is 21.1. The Kier molecular flexibility index (Phi) is 7.25. The van der Waals surface area contributed by atoms with Gasteiger partial charge in [0.05, 0.1) is 5.56 Å². The lowest BCUT2D eigenvalue weighted by atomic mass is 9.99. The van der Waals surface area contributed by atoms with Crippen LogP contribution >= 0.6 is 0 Å². The first-order valence-corrected chi connectivity index (χ1v) is 12.4. The van der Waals surface area contributed by atoms with Gasteiger partial charge in [0.2, 0.25) is 0 Å². The van der Waals surface area contributed by atoms with Gasteiger partial charge in [0.15, 0.2) is 0 Å². The van der Waals surface area contributed by atoms with Crippen LogP contribution in [0.5, 0.6) is 0 Å². The maximum atomic E-state index is 12.9. The molecule has 0 aliphatic carbocycles. The van der Waals surface area contributed by atoms with Crippen LogP contribution in [0.15, 0.2) is 85.2 Å². The number of benzene rings is 3. The first-order chi connectivity index (χ1) is 18.5. The average Bonchev–Trinajstić information content (AvgIpc) is 2.96. The molecular weight excluding hydrogens is 474 g/mol. The van der Waals surface area contributed by atoms with Crippen molar-refractivity contribution >= 4 is 17.5 Å². The highest BCUT2D eigenvalue weighted by molar-refractivity contribution is 6.04. The van der Waals surface area contributed by atoms with Crippen LogP contribution in [-0.2, 0) is 19.5 Å². The lowest BCUT2D eigenvalue weighted by molar-refractivity contribution is 0.0950. The number of anilines is 1. The van der Waals surface area contributed by atoms with E-state index in [9.17, 15) is 9.59 Å². The van der Waals surface area contributed by atoms with Gasteiger partial charge in [-0.3, -0.25) is 14.6 Å². The Balaban J connectivity index is 1.23. The summed E-state index contributed by atoms with van der Waals surface area (Å²) in [6.07, 6.45) is 4.18. The molecule has 0 bridgehead atoms. The van der Waals surface area contributed by atoms with Crippen LogP contribution in [0, 0.1) is 11.3 Å². The summed E-state index contributed by atoms with van der Waals surface area (Å²) in [6.45, 7) is 2.20. The molecule has 7 heteroatoms. The Bertz CT molecular complexity index is 1560. The Morgan fingerprint density at radius 3 is 2.58 bits per heavy atom. The molecule has 2 N–H and O–H groups in total. The quantitative estimate of drug-likeness (QED) is 0.396. The largest absolute Gasteiger partial charge is 0.348 e. The molecule has 0 radical (unpaired) electrons. The number of fused-ring (bicyclic) bond motifs is 1. The summed E-state index contributed by atoms with van der Waals surface area (Å²) >= 11 is 0. The fourth-order valence-electron chi connectivity index (χ4n) is 4.59. The second-order valence-electron chi connectivity index (χ2n) is 9.46. The van der Waals surface area contributed by atoms with Crippen LogP contribution in [0.3, 0.4) is 0 Å². The number of amides is 2. The summed E-state index contributed by atoms with van der Waals surface area (Å²) in [5, 5.41) is 15.1. The molecule has 5 rings (SSSR count). The van der Waals surface area contributed by atoms with Gasteiger partial charge in [0.1, 0.15) is 6.07 Å². The van der Waals surface area contributed by atoms with E-state index in [1.165, 1.54) is 17.3 Å². The summed E-state index contributed by atoms with van der Waals surface area (Å²) in [7, 11) is 2.10. The van der Waals surface area contributed by atoms with Gasteiger partial charge in [-0.05, 0) is 78.2 Å². The standard InChI is InChI=1S/C31H27N5O2/c1-36-11-10-23-8-9-29(15-28(23)20-36)35-31(38)25-6-2-4-21(12-25)18-34-30(37)26-7-3-5-24(14-26)27-13-22(16-32)17-33-19-27/h2-9,12-15,17,19H,10-11,18,20H2,1H3,(H,34,37)(H,35,38). The molecular formula is C31H27N5O2. The summed E-state index contributed by atoms with van der Waals surface area (Å²) in [4.78, 5) is 32.2. The van der Waals surface area contributed by atoms with Crippen LogP contribution in [0.25, 0.3) is 11.1 Å². The van der Waals surface area contributed by atoms with Gasteiger partial charge in [0, 0.05) is 54.4 Å². The predicted octanol–water partition coefficient (Wildman–Crippen LogP) is 4.79. The molecule has 188 valence electrons. The number of pyridine rings is 1. The number of nitrogens with one attached hydrogen (secondary N) is 2. The lowest BCUT2D eigenvalue weighted by Crippen LogP contribution is -2.26. The number of hydrogen-bond donors (Lipinski definition) is 2. The summed E-state index contributed by atoms with van der Waals surface area (Å²) < 4.78 is 0. The number of carbonyl (C=O) groups is 2. The highest BCUT2D eigenvalue weighted by Gasteiger charge is 2.15. The summed E-state index contributed by atoms with van der Waals surface area (Å²) in [6, 6.07) is 24.3. The molecule has 0 saturated carbocycles. The number of rotatable bonds is 6. The normalized spacial score (nSPS) is 12.7. The fourth-order valence-corrected chi connectivity index (χ4v) is 4.59. The molecule has 2 heterocycles. The van der Waals surface area contributed by atoms with E-state index in [0.717, 1.165) is 41.9 Å². The van der Waals surface area contributed by atoms with Crippen molar-refractivity contribution in [3.8, 4) is 17.2 Å². The van der Waals surface area contributed by atoms with E-state index in [4.69, 9.17) is 5.26 Å². The maximum absolute atomic E-state index is 12.9. The van der Waals surface area contributed by atoms with Crippen LogP contribution in [-0.4, -0.2) is 35.3 Å². The molecule has 4 aromatic rings. The van der Waals surface area contributed by atoms with Gasteiger partial charge in [-0.1, -0.05) is 30.3 Å². The molecule has 0 fully saturated rings. The van der Waals surface area contributed by atoms with Crippen molar-refractivity contribution in [2.75, 3.05) is 18.9 Å². The van der Waals surface area contributed by atoms with Crippen molar-refractivity contribution < 1.29 is 9.59 Å². The highest BCUT2D eigenvalue weighted by Crippen LogP contribution is 2.23. The summed E-state index contributed by atoms with van der Waals surface area (Å²) in [5.74, 6) is -0.423. The van der Waals surface area contributed by atoms with Gasteiger partial charge in [-0.2, -0.15) is 5.26 Å². The van der Waals surface area contributed by atoms with E-state index in [-0.39, 0.29) is 18.4 Å². The number of nitrogens with zero attached hydrogens (tertiary/aromatic N) is 3. The van der Waals surface area contributed by atoms with E-state index in [1.54, 1.807) is 42.6 Å². The van der Waals surface area contributed by atoms with Crippen molar-refractivity contribution in [3.63, 3.8) is 0 Å². The second-order valence-corrected chi connectivity index (χ2v) is 9.46. The van der Waals surface area contributed by atoms with E-state index in [0.29, 0.717) is 16.7 Å². The van der Waals surface area contributed by atoms with Gasteiger partial charge in [-0.15, -0.1) is 0 Å². The Labute approximate surface area is 221 Å². The second kappa shape index (κ2) is 11.1. The van der Waals surface area contributed by atoms with Gasteiger partial charge >= 0.3 is 0 Å². The van der Waals surface area contributed by atoms with Gasteiger partial charge < -0.3 is 15.5 Å².